The van der Waals surface area contributed by atoms with Crippen LogP contribution in [0.25, 0.3) is 11.0 Å². The number of hydrogen-bond acceptors (Lipinski definition) is 5. The molecule has 1 fully saturated rings. The molecule has 7 heteroatoms. The van der Waals surface area contributed by atoms with Crippen molar-refractivity contribution in [2.24, 2.45) is 5.92 Å². The van der Waals surface area contributed by atoms with E-state index in [9.17, 15) is 8.42 Å². The minimum Gasteiger partial charge on any atom is -0.367 e. The van der Waals surface area contributed by atoms with E-state index in [0.717, 1.165) is 35.5 Å². The lowest BCUT2D eigenvalue weighted by Crippen LogP contribution is -2.39. The lowest BCUT2D eigenvalue weighted by molar-refractivity contribution is 0.310. The van der Waals surface area contributed by atoms with Gasteiger partial charge in [-0.2, -0.15) is 0 Å². The van der Waals surface area contributed by atoms with E-state index < -0.39 is 9.84 Å². The number of anilines is 1. The van der Waals surface area contributed by atoms with E-state index in [2.05, 4.69) is 34.1 Å². The van der Waals surface area contributed by atoms with Crippen LogP contribution in [0.5, 0.6) is 0 Å². The van der Waals surface area contributed by atoms with Crippen LogP contribution in [0.4, 0.5) is 5.82 Å². The second kappa shape index (κ2) is 5.53. The molecule has 0 spiro atoms. The van der Waals surface area contributed by atoms with Crippen molar-refractivity contribution in [3.63, 3.8) is 0 Å². The summed E-state index contributed by atoms with van der Waals surface area (Å²) in [6.07, 6.45) is 4.91. The number of nitrogens with zero attached hydrogens (tertiary/aromatic N) is 2. The Morgan fingerprint density at radius 1 is 1.36 bits per heavy atom. The normalized spacial score (nSPS) is 22.0. The second-order valence-corrected chi connectivity index (χ2v) is 8.78. The molecule has 2 aromatic heterocycles. The maximum Gasteiger partial charge on any atom is 0.147 e. The lowest BCUT2D eigenvalue weighted by atomic mass is 9.81. The Balaban J connectivity index is 1.73. The van der Waals surface area contributed by atoms with Crippen LogP contribution in [-0.4, -0.2) is 41.4 Å². The molecule has 0 bridgehead atoms. The number of sulfone groups is 1. The van der Waals surface area contributed by atoms with E-state index in [4.69, 9.17) is 0 Å². The Morgan fingerprint density at radius 2 is 2.09 bits per heavy atom. The molecule has 1 aliphatic carbocycles. The molecule has 2 N–H and O–H groups in total. The zero-order valence-electron chi connectivity index (χ0n) is 13.1. The first kappa shape index (κ1) is 15.3. The summed E-state index contributed by atoms with van der Waals surface area (Å²) in [5, 5.41) is 4.43. The van der Waals surface area contributed by atoms with Gasteiger partial charge in [0.25, 0.3) is 0 Å². The Hall–Kier alpha value is -1.63. The second-order valence-electron chi connectivity index (χ2n) is 6.60. The molecule has 2 heterocycles. The maximum absolute atomic E-state index is 11.3. The fourth-order valence-corrected chi connectivity index (χ4v) is 4.07. The van der Waals surface area contributed by atoms with E-state index in [1.807, 2.05) is 12.3 Å². The lowest BCUT2D eigenvalue weighted by Gasteiger charge is -2.35. The molecule has 0 unspecified atom stereocenters. The average Bonchev–Trinajstić information content (AvgIpc) is 2.82. The van der Waals surface area contributed by atoms with Crippen LogP contribution in [0.2, 0.25) is 0 Å². The number of aromatic nitrogens is 3. The largest absolute Gasteiger partial charge is 0.367 e. The first-order valence-corrected chi connectivity index (χ1v) is 9.67. The first-order chi connectivity index (χ1) is 10.3. The molecule has 0 aromatic carbocycles. The van der Waals surface area contributed by atoms with Crippen molar-refractivity contribution in [1.82, 2.24) is 15.0 Å². The van der Waals surface area contributed by atoms with E-state index in [1.54, 1.807) is 0 Å². The van der Waals surface area contributed by atoms with Gasteiger partial charge >= 0.3 is 0 Å². The molecule has 1 aliphatic rings. The molecule has 2 aromatic rings. The van der Waals surface area contributed by atoms with E-state index >= 15 is 0 Å². The zero-order valence-corrected chi connectivity index (χ0v) is 13.9. The minimum absolute atomic E-state index is 0.257. The van der Waals surface area contributed by atoms with Gasteiger partial charge in [-0.05, 0) is 24.8 Å². The van der Waals surface area contributed by atoms with Crippen molar-refractivity contribution in [1.29, 1.82) is 0 Å². The number of H-pyrrole nitrogens is 1. The third kappa shape index (κ3) is 3.24. The molecule has 3 rings (SSSR count). The predicted octanol–water partition coefficient (Wildman–Crippen LogP) is 2.32. The zero-order chi connectivity index (χ0) is 15.9. The van der Waals surface area contributed by atoms with Gasteiger partial charge in [-0.15, -0.1) is 0 Å². The SMILES string of the molecule is CC(C)c1nc(NC2CC(CS(C)(=O)=O)C2)c2cc[nH]c2n1. The van der Waals surface area contributed by atoms with Gasteiger partial charge in [0.2, 0.25) is 0 Å². The van der Waals surface area contributed by atoms with Gasteiger partial charge in [0.1, 0.15) is 27.1 Å². The van der Waals surface area contributed by atoms with Crippen LogP contribution in [0.3, 0.4) is 0 Å². The summed E-state index contributed by atoms with van der Waals surface area (Å²) in [4.78, 5) is 12.3. The number of nitrogens with one attached hydrogen (secondary N) is 2. The Bertz CT molecular complexity index is 776. The van der Waals surface area contributed by atoms with Gasteiger partial charge < -0.3 is 10.3 Å². The molecule has 22 heavy (non-hydrogen) atoms. The van der Waals surface area contributed by atoms with Gasteiger partial charge in [0, 0.05) is 24.4 Å². The summed E-state index contributed by atoms with van der Waals surface area (Å²) in [6.45, 7) is 4.14. The van der Waals surface area contributed by atoms with Crippen molar-refractivity contribution in [3.8, 4) is 0 Å². The minimum atomic E-state index is -2.88. The van der Waals surface area contributed by atoms with Crippen molar-refractivity contribution in [2.45, 2.75) is 38.6 Å². The molecule has 0 atom stereocenters. The highest BCUT2D eigenvalue weighted by Crippen LogP contribution is 2.32. The molecule has 1 saturated carbocycles. The van der Waals surface area contributed by atoms with E-state index in [0.29, 0.717) is 6.04 Å². The monoisotopic (exact) mass is 322 g/mol. The number of aromatic amines is 1. The van der Waals surface area contributed by atoms with Gasteiger partial charge in [0.15, 0.2) is 0 Å². The summed E-state index contributed by atoms with van der Waals surface area (Å²) in [5.41, 5.74) is 0.841. The predicted molar refractivity (Wildman–Crippen MR) is 87.8 cm³/mol. The van der Waals surface area contributed by atoms with Crippen LogP contribution in [-0.2, 0) is 9.84 Å². The van der Waals surface area contributed by atoms with Crippen molar-refractivity contribution < 1.29 is 8.42 Å². The third-order valence-electron chi connectivity index (χ3n) is 4.06. The fourth-order valence-electron chi connectivity index (χ4n) is 2.94. The summed E-state index contributed by atoms with van der Waals surface area (Å²) in [5.74, 6) is 2.46. The first-order valence-electron chi connectivity index (χ1n) is 7.61. The molecule has 6 nitrogen and oxygen atoms in total. The summed E-state index contributed by atoms with van der Waals surface area (Å²) < 4.78 is 22.6. The van der Waals surface area contributed by atoms with Crippen molar-refractivity contribution in [3.05, 3.63) is 18.1 Å². The quantitative estimate of drug-likeness (QED) is 0.882. The molecular weight excluding hydrogens is 300 g/mol. The van der Waals surface area contributed by atoms with Crippen LogP contribution >= 0.6 is 0 Å². The number of fused-ring (bicyclic) bond motifs is 1. The molecule has 0 radical (unpaired) electrons. The van der Waals surface area contributed by atoms with Crippen LogP contribution < -0.4 is 5.32 Å². The Kier molecular flexibility index (Phi) is 3.84. The standard InChI is InChI=1S/C15H22N4O2S/c1-9(2)13-18-14-12(4-5-16-14)15(19-13)17-11-6-10(7-11)8-22(3,20)21/h4-5,9-11H,6-8H2,1-3H3,(H2,16,17,18,19). The molecule has 0 aliphatic heterocycles. The number of rotatable bonds is 5. The average molecular weight is 322 g/mol. The van der Waals surface area contributed by atoms with Crippen molar-refractivity contribution in [2.75, 3.05) is 17.3 Å². The summed E-state index contributed by atoms with van der Waals surface area (Å²) in [6, 6.07) is 2.26. The van der Waals surface area contributed by atoms with Crippen LogP contribution in [0.1, 0.15) is 38.4 Å². The van der Waals surface area contributed by atoms with E-state index in [-0.39, 0.29) is 17.6 Å². The van der Waals surface area contributed by atoms with Gasteiger partial charge in [-0.3, -0.25) is 0 Å². The third-order valence-corrected chi connectivity index (χ3v) is 5.14. The van der Waals surface area contributed by atoms with Gasteiger partial charge in [0.05, 0.1) is 11.1 Å². The molecular formula is C15H22N4O2S. The Morgan fingerprint density at radius 3 is 2.73 bits per heavy atom. The maximum atomic E-state index is 11.3. The van der Waals surface area contributed by atoms with Gasteiger partial charge in [-0.1, -0.05) is 13.8 Å². The highest BCUT2D eigenvalue weighted by Gasteiger charge is 2.32. The van der Waals surface area contributed by atoms with Crippen LogP contribution in [0, 0.1) is 5.92 Å². The topological polar surface area (TPSA) is 87.7 Å². The highest BCUT2D eigenvalue weighted by atomic mass is 32.2. The van der Waals surface area contributed by atoms with Crippen molar-refractivity contribution >= 4 is 26.7 Å². The molecule has 0 amide bonds. The number of hydrogen-bond donors (Lipinski definition) is 2. The smallest absolute Gasteiger partial charge is 0.147 e. The Labute approximate surface area is 130 Å². The van der Waals surface area contributed by atoms with E-state index in [1.165, 1.54) is 6.26 Å². The van der Waals surface area contributed by atoms with Gasteiger partial charge in [-0.25, -0.2) is 18.4 Å². The highest BCUT2D eigenvalue weighted by molar-refractivity contribution is 7.90. The molecule has 120 valence electrons. The summed E-state index contributed by atoms with van der Waals surface area (Å²) >= 11 is 0. The fraction of sp³-hybridized carbons (Fsp3) is 0.600. The summed E-state index contributed by atoms with van der Waals surface area (Å²) in [7, 11) is -2.88. The van der Waals surface area contributed by atoms with Crippen LogP contribution in [0.15, 0.2) is 12.3 Å². The molecule has 0 saturated heterocycles.